The molecule has 1 spiro atoms. The van der Waals surface area contributed by atoms with Gasteiger partial charge < -0.3 is 4.90 Å². The van der Waals surface area contributed by atoms with Crippen molar-refractivity contribution in [1.29, 1.82) is 0 Å². The number of amides is 4. The first-order valence-corrected chi connectivity index (χ1v) is 11.8. The number of aromatic nitrogens is 2. The first-order valence-electron chi connectivity index (χ1n) is 11.8. The minimum atomic E-state index is -1.67. The number of hydrogen-bond donors (Lipinski definition) is 1. The van der Waals surface area contributed by atoms with Crippen LogP contribution in [0, 0.1) is 11.3 Å². The van der Waals surface area contributed by atoms with E-state index >= 15 is 0 Å². The predicted molar refractivity (Wildman–Crippen MR) is 128 cm³/mol. The molecule has 0 bridgehead atoms. The topological polar surface area (TPSA) is 104 Å². The van der Waals surface area contributed by atoms with Crippen molar-refractivity contribution in [1.82, 2.24) is 19.6 Å². The molecular formula is C26H25N5O4. The molecule has 178 valence electrons. The molecule has 1 saturated heterocycles. The highest BCUT2D eigenvalue weighted by Gasteiger charge is 2.64. The maximum atomic E-state index is 14.2. The number of rotatable bonds is 2. The number of imide groups is 2. The Kier molecular flexibility index (Phi) is 4.61. The largest absolute Gasteiger partial charge is 0.347 e. The number of urea groups is 1. The fraction of sp³-hybridized carbons (Fsp3) is 0.346. The Morgan fingerprint density at radius 1 is 1.09 bits per heavy atom. The lowest BCUT2D eigenvalue weighted by atomic mass is 9.65. The average molecular weight is 472 g/mol. The van der Waals surface area contributed by atoms with E-state index < -0.39 is 29.3 Å². The zero-order valence-electron chi connectivity index (χ0n) is 19.5. The Bertz CT molecular complexity index is 1480. The minimum Gasteiger partial charge on any atom is -0.347 e. The van der Waals surface area contributed by atoms with Crippen molar-refractivity contribution in [2.45, 2.75) is 32.7 Å². The van der Waals surface area contributed by atoms with E-state index in [1.54, 1.807) is 18.3 Å². The molecule has 0 saturated carbocycles. The van der Waals surface area contributed by atoms with Crippen LogP contribution in [0.15, 0.2) is 53.5 Å². The second-order valence-corrected chi connectivity index (χ2v) is 9.91. The molecule has 1 aromatic carbocycles. The summed E-state index contributed by atoms with van der Waals surface area (Å²) < 4.78 is 1.44. The number of nitrogens with zero attached hydrogens (tertiary/aromatic N) is 4. The van der Waals surface area contributed by atoms with Gasteiger partial charge in [0.15, 0.2) is 5.41 Å². The van der Waals surface area contributed by atoms with Crippen molar-refractivity contribution in [2.75, 3.05) is 18.0 Å². The molecule has 9 nitrogen and oxygen atoms in total. The highest BCUT2D eigenvalue weighted by Crippen LogP contribution is 2.52. The van der Waals surface area contributed by atoms with Gasteiger partial charge in [-0.1, -0.05) is 44.2 Å². The number of benzene rings is 1. The van der Waals surface area contributed by atoms with Crippen LogP contribution >= 0.6 is 0 Å². The summed E-state index contributed by atoms with van der Waals surface area (Å²) in [7, 11) is 0. The van der Waals surface area contributed by atoms with Gasteiger partial charge in [-0.2, -0.15) is 0 Å². The molecule has 6 rings (SSSR count). The second-order valence-electron chi connectivity index (χ2n) is 9.91. The van der Waals surface area contributed by atoms with Crippen LogP contribution in [0.25, 0.3) is 5.65 Å². The highest BCUT2D eigenvalue weighted by molar-refractivity contribution is 6.20. The lowest BCUT2D eigenvalue weighted by molar-refractivity contribution is -0.154. The molecule has 2 atom stereocenters. The molecule has 5 heterocycles. The van der Waals surface area contributed by atoms with Crippen LogP contribution in [-0.2, 0) is 22.4 Å². The number of nitrogens with one attached hydrogen (secondary N) is 1. The van der Waals surface area contributed by atoms with Crippen molar-refractivity contribution in [3.8, 4) is 0 Å². The SMILES string of the molecule is CC(C)CN1C(=O)NC(=O)[C@@]2(Cc3c(nc4ccccn4c3=O)N3CCc4ccccc4[C@@H]32)C1=O. The Morgan fingerprint density at radius 3 is 2.66 bits per heavy atom. The van der Waals surface area contributed by atoms with Gasteiger partial charge in [0.1, 0.15) is 11.5 Å². The number of hydrogen-bond acceptors (Lipinski definition) is 6. The van der Waals surface area contributed by atoms with Gasteiger partial charge in [-0.3, -0.25) is 29.0 Å². The average Bonchev–Trinajstić information content (AvgIpc) is 2.85. The molecule has 0 radical (unpaired) electrons. The van der Waals surface area contributed by atoms with E-state index in [1.165, 1.54) is 4.40 Å². The first-order chi connectivity index (χ1) is 16.8. The van der Waals surface area contributed by atoms with E-state index in [-0.39, 0.29) is 24.4 Å². The molecule has 1 N–H and O–H groups in total. The summed E-state index contributed by atoms with van der Waals surface area (Å²) in [4.78, 5) is 62.2. The molecule has 0 unspecified atom stereocenters. The predicted octanol–water partition coefficient (Wildman–Crippen LogP) is 2.08. The fourth-order valence-electron chi connectivity index (χ4n) is 5.84. The monoisotopic (exact) mass is 471 g/mol. The molecule has 1 fully saturated rings. The van der Waals surface area contributed by atoms with Crippen LogP contribution in [0.5, 0.6) is 0 Å². The smallest absolute Gasteiger partial charge is 0.330 e. The van der Waals surface area contributed by atoms with E-state index in [4.69, 9.17) is 4.98 Å². The summed E-state index contributed by atoms with van der Waals surface area (Å²) in [6, 6.07) is 11.7. The zero-order chi connectivity index (χ0) is 24.5. The van der Waals surface area contributed by atoms with Crippen molar-refractivity contribution in [3.05, 3.63) is 75.7 Å². The molecule has 9 heteroatoms. The Balaban J connectivity index is 1.65. The Labute approximate surface area is 201 Å². The van der Waals surface area contributed by atoms with Crippen LogP contribution < -0.4 is 15.8 Å². The van der Waals surface area contributed by atoms with Gasteiger partial charge in [0.25, 0.3) is 5.56 Å². The quantitative estimate of drug-likeness (QED) is 0.574. The van der Waals surface area contributed by atoms with E-state index in [0.717, 1.165) is 16.0 Å². The van der Waals surface area contributed by atoms with Gasteiger partial charge in [0.05, 0.1) is 11.6 Å². The third kappa shape index (κ3) is 2.90. The van der Waals surface area contributed by atoms with Gasteiger partial charge in [-0.05, 0) is 35.6 Å². The number of barbiturate groups is 1. The van der Waals surface area contributed by atoms with Crippen LogP contribution in [0.4, 0.5) is 10.6 Å². The highest BCUT2D eigenvalue weighted by atomic mass is 16.2. The van der Waals surface area contributed by atoms with Gasteiger partial charge in [-0.25, -0.2) is 9.78 Å². The number of carbonyl (C=O) groups excluding carboxylic acids is 3. The van der Waals surface area contributed by atoms with Crippen molar-refractivity contribution < 1.29 is 14.4 Å². The summed E-state index contributed by atoms with van der Waals surface area (Å²) in [5.41, 5.74) is 0.724. The summed E-state index contributed by atoms with van der Waals surface area (Å²) in [5.74, 6) is -0.715. The first kappa shape index (κ1) is 21.5. The van der Waals surface area contributed by atoms with E-state index in [0.29, 0.717) is 30.0 Å². The molecule has 3 aliphatic heterocycles. The van der Waals surface area contributed by atoms with Crippen LogP contribution in [0.3, 0.4) is 0 Å². The van der Waals surface area contributed by atoms with Crippen molar-refractivity contribution >= 4 is 29.3 Å². The van der Waals surface area contributed by atoms with Gasteiger partial charge in [-0.15, -0.1) is 0 Å². The van der Waals surface area contributed by atoms with Gasteiger partial charge in [0, 0.05) is 25.7 Å². The summed E-state index contributed by atoms with van der Waals surface area (Å²) in [5, 5.41) is 2.45. The van der Waals surface area contributed by atoms with E-state index in [9.17, 15) is 19.2 Å². The number of fused-ring (bicyclic) bond motifs is 7. The normalized spacial score (nSPS) is 23.4. The minimum absolute atomic E-state index is 0.0109. The van der Waals surface area contributed by atoms with E-state index in [1.807, 2.05) is 49.1 Å². The van der Waals surface area contributed by atoms with Crippen LogP contribution in [0.1, 0.15) is 36.6 Å². The zero-order valence-corrected chi connectivity index (χ0v) is 19.5. The Hall–Kier alpha value is -4.01. The standard InChI is InChI=1S/C26H25N5O4/c1-15(2)14-31-24(34)26(23(33)28-25(31)35)13-18-21(27-19-9-5-6-11-29(19)22(18)32)30-12-10-16-7-3-4-8-17(16)20(26)30/h3-9,11,15,20H,10,12-14H2,1-2H3,(H,28,33,35)/t20-,26+/m1/s1. The van der Waals surface area contributed by atoms with Crippen LogP contribution in [-0.4, -0.2) is 45.2 Å². The molecule has 0 aliphatic carbocycles. The summed E-state index contributed by atoms with van der Waals surface area (Å²) in [6.45, 7) is 4.48. The Morgan fingerprint density at radius 2 is 1.86 bits per heavy atom. The van der Waals surface area contributed by atoms with Crippen LogP contribution in [0.2, 0.25) is 0 Å². The molecule has 4 amide bonds. The molecule has 2 aromatic heterocycles. The molecular weight excluding hydrogens is 446 g/mol. The third-order valence-electron chi connectivity index (χ3n) is 7.33. The molecule has 35 heavy (non-hydrogen) atoms. The molecule has 3 aromatic rings. The van der Waals surface area contributed by atoms with Gasteiger partial charge in [0.2, 0.25) is 11.8 Å². The number of anilines is 1. The van der Waals surface area contributed by atoms with E-state index in [2.05, 4.69) is 5.32 Å². The van der Waals surface area contributed by atoms with Crippen molar-refractivity contribution in [2.24, 2.45) is 11.3 Å². The summed E-state index contributed by atoms with van der Waals surface area (Å²) >= 11 is 0. The second kappa shape index (κ2) is 7.49. The number of carbonyl (C=O) groups is 3. The summed E-state index contributed by atoms with van der Waals surface area (Å²) in [6.07, 6.45) is 2.18. The molecule has 3 aliphatic rings. The number of pyridine rings is 1. The lowest BCUT2D eigenvalue weighted by Crippen LogP contribution is -2.70. The maximum Gasteiger partial charge on any atom is 0.330 e. The fourth-order valence-corrected chi connectivity index (χ4v) is 5.84. The lowest BCUT2D eigenvalue weighted by Gasteiger charge is -2.53. The van der Waals surface area contributed by atoms with Crippen molar-refractivity contribution in [3.63, 3.8) is 0 Å². The third-order valence-corrected chi connectivity index (χ3v) is 7.33. The van der Waals surface area contributed by atoms with Gasteiger partial charge >= 0.3 is 6.03 Å². The maximum absolute atomic E-state index is 14.2.